The Morgan fingerprint density at radius 2 is 2.08 bits per heavy atom. The first-order valence-electron chi connectivity index (χ1n) is 5.17. The highest BCUT2D eigenvalue weighted by atomic mass is 15.3. The van der Waals surface area contributed by atoms with Crippen molar-refractivity contribution >= 4 is 0 Å². The first kappa shape index (κ1) is 8.52. The molecule has 2 heterocycles. The van der Waals surface area contributed by atoms with Gasteiger partial charge in [-0.15, -0.1) is 0 Å². The molecule has 1 N–H and O–H groups in total. The molecule has 2 aliphatic rings. The topological polar surface area (TPSA) is 15.3 Å². The third kappa shape index (κ3) is 1.38. The molecule has 1 unspecified atom stereocenters. The minimum Gasteiger partial charge on any atom is -0.315 e. The van der Waals surface area contributed by atoms with E-state index in [1.54, 1.807) is 0 Å². The molecule has 0 aromatic carbocycles. The highest BCUT2D eigenvalue weighted by Crippen LogP contribution is 2.34. The van der Waals surface area contributed by atoms with Crippen molar-refractivity contribution in [1.82, 2.24) is 10.2 Å². The van der Waals surface area contributed by atoms with Crippen molar-refractivity contribution < 1.29 is 0 Å². The molecule has 2 saturated heterocycles. The van der Waals surface area contributed by atoms with E-state index in [1.807, 2.05) is 0 Å². The second kappa shape index (κ2) is 3.00. The largest absolute Gasteiger partial charge is 0.315 e. The van der Waals surface area contributed by atoms with Crippen molar-refractivity contribution in [2.75, 3.05) is 32.7 Å². The number of hydrogen-bond donors (Lipinski definition) is 1. The van der Waals surface area contributed by atoms with Crippen LogP contribution in [0, 0.1) is 11.3 Å². The van der Waals surface area contributed by atoms with E-state index in [9.17, 15) is 0 Å². The molecule has 2 fully saturated rings. The molecule has 0 aromatic rings. The zero-order valence-electron chi connectivity index (χ0n) is 8.27. The van der Waals surface area contributed by atoms with Gasteiger partial charge in [0.1, 0.15) is 0 Å². The van der Waals surface area contributed by atoms with Crippen LogP contribution in [0.25, 0.3) is 0 Å². The van der Waals surface area contributed by atoms with Crippen LogP contribution in [0.1, 0.15) is 20.3 Å². The fraction of sp³-hybridized carbons (Fsp3) is 1.00. The fourth-order valence-corrected chi connectivity index (χ4v) is 2.30. The van der Waals surface area contributed by atoms with E-state index < -0.39 is 0 Å². The molecule has 0 saturated carbocycles. The molecule has 12 heavy (non-hydrogen) atoms. The van der Waals surface area contributed by atoms with E-state index in [0.717, 1.165) is 5.92 Å². The number of rotatable bonds is 3. The van der Waals surface area contributed by atoms with Gasteiger partial charge in [0.25, 0.3) is 0 Å². The lowest BCUT2D eigenvalue weighted by Gasteiger charge is -2.56. The molecule has 1 atom stereocenters. The maximum Gasteiger partial charge on any atom is 0.0207 e. The summed E-state index contributed by atoms with van der Waals surface area (Å²) >= 11 is 0. The van der Waals surface area contributed by atoms with Crippen molar-refractivity contribution in [3.8, 4) is 0 Å². The zero-order chi connectivity index (χ0) is 8.60. The van der Waals surface area contributed by atoms with Crippen molar-refractivity contribution in [2.45, 2.75) is 20.3 Å². The van der Waals surface area contributed by atoms with E-state index in [4.69, 9.17) is 0 Å². The monoisotopic (exact) mass is 168 g/mol. The second-order valence-electron chi connectivity index (χ2n) is 4.79. The lowest BCUT2D eigenvalue weighted by molar-refractivity contribution is -0.0460. The van der Waals surface area contributed by atoms with Crippen LogP contribution < -0.4 is 5.32 Å². The summed E-state index contributed by atoms with van der Waals surface area (Å²) in [5.41, 5.74) is 0.716. The summed E-state index contributed by atoms with van der Waals surface area (Å²) < 4.78 is 0. The minimum atomic E-state index is 0.716. The van der Waals surface area contributed by atoms with Gasteiger partial charge in [-0.3, -0.25) is 0 Å². The summed E-state index contributed by atoms with van der Waals surface area (Å²) in [5, 5.41) is 3.37. The number of likely N-dealkylation sites (tertiary alicyclic amines) is 1. The quantitative estimate of drug-likeness (QED) is 0.674. The SMILES string of the molecule is CCC(C)CN1CC2(CNC2)C1. The average molecular weight is 168 g/mol. The molecule has 1 spiro atoms. The first-order valence-corrected chi connectivity index (χ1v) is 5.17. The van der Waals surface area contributed by atoms with Gasteiger partial charge in [-0.05, 0) is 5.92 Å². The molecule has 2 aliphatic heterocycles. The Bertz CT molecular complexity index is 152. The maximum absolute atomic E-state index is 3.37. The van der Waals surface area contributed by atoms with Crippen LogP contribution in [0.3, 0.4) is 0 Å². The van der Waals surface area contributed by atoms with Crippen LogP contribution in [-0.4, -0.2) is 37.6 Å². The summed E-state index contributed by atoms with van der Waals surface area (Å²) in [6, 6.07) is 0. The molecule has 0 aliphatic carbocycles. The molecule has 0 amide bonds. The standard InChI is InChI=1S/C10H20N2/c1-3-9(2)4-12-7-10(8-12)5-11-6-10/h9,11H,3-8H2,1-2H3. The Labute approximate surface area is 75.3 Å². The molecule has 70 valence electrons. The van der Waals surface area contributed by atoms with Gasteiger partial charge in [-0.25, -0.2) is 0 Å². The van der Waals surface area contributed by atoms with Gasteiger partial charge in [0.05, 0.1) is 0 Å². The molecular formula is C10H20N2. The Balaban J connectivity index is 1.67. The predicted molar refractivity (Wildman–Crippen MR) is 51.2 cm³/mol. The van der Waals surface area contributed by atoms with E-state index in [-0.39, 0.29) is 0 Å². The Kier molecular flexibility index (Phi) is 2.13. The molecule has 2 heteroatoms. The smallest absolute Gasteiger partial charge is 0.0207 e. The summed E-state index contributed by atoms with van der Waals surface area (Å²) in [6.07, 6.45) is 1.32. The first-order chi connectivity index (χ1) is 5.74. The lowest BCUT2D eigenvalue weighted by Crippen LogP contribution is -2.71. The zero-order valence-corrected chi connectivity index (χ0v) is 8.27. The average Bonchev–Trinajstić information content (AvgIpc) is 1.91. The van der Waals surface area contributed by atoms with Gasteiger partial charge < -0.3 is 10.2 Å². The summed E-state index contributed by atoms with van der Waals surface area (Å²) in [4.78, 5) is 2.61. The van der Waals surface area contributed by atoms with E-state index >= 15 is 0 Å². The highest BCUT2D eigenvalue weighted by Gasteiger charge is 2.47. The van der Waals surface area contributed by atoms with Crippen molar-refractivity contribution in [2.24, 2.45) is 11.3 Å². The Morgan fingerprint density at radius 1 is 1.42 bits per heavy atom. The van der Waals surface area contributed by atoms with Crippen LogP contribution in [0.15, 0.2) is 0 Å². The number of hydrogen-bond acceptors (Lipinski definition) is 2. The molecular weight excluding hydrogens is 148 g/mol. The predicted octanol–water partition coefficient (Wildman–Crippen LogP) is 0.938. The summed E-state index contributed by atoms with van der Waals surface area (Å²) in [7, 11) is 0. The molecule has 0 radical (unpaired) electrons. The third-order valence-electron chi connectivity index (χ3n) is 3.38. The normalized spacial score (nSPS) is 29.5. The van der Waals surface area contributed by atoms with E-state index in [0.29, 0.717) is 5.41 Å². The van der Waals surface area contributed by atoms with Crippen LogP contribution in [0.5, 0.6) is 0 Å². The molecule has 2 rings (SSSR count). The van der Waals surface area contributed by atoms with Crippen LogP contribution in [0.4, 0.5) is 0 Å². The molecule has 0 bridgehead atoms. The van der Waals surface area contributed by atoms with Crippen LogP contribution in [-0.2, 0) is 0 Å². The van der Waals surface area contributed by atoms with Crippen LogP contribution >= 0.6 is 0 Å². The van der Waals surface area contributed by atoms with Crippen molar-refractivity contribution in [3.05, 3.63) is 0 Å². The molecule has 0 aromatic heterocycles. The number of nitrogens with zero attached hydrogens (tertiary/aromatic N) is 1. The summed E-state index contributed by atoms with van der Waals surface area (Å²) in [6.45, 7) is 11.2. The molecule has 2 nitrogen and oxygen atoms in total. The maximum atomic E-state index is 3.37. The highest BCUT2D eigenvalue weighted by molar-refractivity contribution is 5.03. The van der Waals surface area contributed by atoms with Crippen LogP contribution in [0.2, 0.25) is 0 Å². The van der Waals surface area contributed by atoms with Gasteiger partial charge in [0, 0.05) is 38.1 Å². The second-order valence-corrected chi connectivity index (χ2v) is 4.79. The van der Waals surface area contributed by atoms with Crippen molar-refractivity contribution in [3.63, 3.8) is 0 Å². The van der Waals surface area contributed by atoms with E-state index in [2.05, 4.69) is 24.1 Å². The lowest BCUT2D eigenvalue weighted by atomic mass is 9.74. The Morgan fingerprint density at radius 3 is 2.50 bits per heavy atom. The summed E-state index contributed by atoms with van der Waals surface area (Å²) in [5.74, 6) is 0.885. The van der Waals surface area contributed by atoms with Crippen molar-refractivity contribution in [1.29, 1.82) is 0 Å². The number of nitrogens with one attached hydrogen (secondary N) is 1. The van der Waals surface area contributed by atoms with Gasteiger partial charge in [-0.1, -0.05) is 20.3 Å². The third-order valence-corrected chi connectivity index (χ3v) is 3.38. The minimum absolute atomic E-state index is 0.716. The van der Waals surface area contributed by atoms with Gasteiger partial charge in [0.15, 0.2) is 0 Å². The van der Waals surface area contributed by atoms with Gasteiger partial charge in [-0.2, -0.15) is 0 Å². The van der Waals surface area contributed by atoms with Gasteiger partial charge in [0.2, 0.25) is 0 Å². The Hall–Kier alpha value is -0.0800. The van der Waals surface area contributed by atoms with Gasteiger partial charge >= 0.3 is 0 Å². The van der Waals surface area contributed by atoms with E-state index in [1.165, 1.54) is 39.1 Å². The fourth-order valence-electron chi connectivity index (χ4n) is 2.30.